The summed E-state index contributed by atoms with van der Waals surface area (Å²) in [7, 11) is 0. The fourth-order valence-corrected chi connectivity index (χ4v) is 2.19. The second-order valence-corrected chi connectivity index (χ2v) is 6.09. The molecule has 6 heteroatoms. The summed E-state index contributed by atoms with van der Waals surface area (Å²) < 4.78 is 0. The standard InChI is InChI=1S/C18H20ClN3O2/c1-4-12(3)21-17(23)13-7-14(10-20-9-13)18(24)22-16-8-15(19)6-5-11(16)2/h5-10,12H,4H2,1-3H3,(H,21,23)(H,22,24). The maximum atomic E-state index is 12.4. The Morgan fingerprint density at radius 2 is 1.83 bits per heavy atom. The van der Waals surface area contributed by atoms with Crippen molar-refractivity contribution in [3.05, 3.63) is 58.4 Å². The Morgan fingerprint density at radius 3 is 2.50 bits per heavy atom. The van der Waals surface area contributed by atoms with Crippen LogP contribution in [-0.4, -0.2) is 22.8 Å². The summed E-state index contributed by atoms with van der Waals surface area (Å²) in [6.07, 6.45) is 3.70. The van der Waals surface area contributed by atoms with E-state index in [4.69, 9.17) is 11.6 Å². The number of carbonyl (C=O) groups excluding carboxylic acids is 2. The van der Waals surface area contributed by atoms with Crippen molar-refractivity contribution in [3.63, 3.8) is 0 Å². The molecule has 1 unspecified atom stereocenters. The minimum Gasteiger partial charge on any atom is -0.350 e. The van der Waals surface area contributed by atoms with E-state index in [1.165, 1.54) is 18.5 Å². The van der Waals surface area contributed by atoms with E-state index in [-0.39, 0.29) is 17.9 Å². The van der Waals surface area contributed by atoms with Crippen molar-refractivity contribution in [2.45, 2.75) is 33.2 Å². The Bertz CT molecular complexity index is 762. The Hall–Kier alpha value is -2.40. The van der Waals surface area contributed by atoms with Gasteiger partial charge in [-0.05, 0) is 44.0 Å². The number of pyridine rings is 1. The summed E-state index contributed by atoms with van der Waals surface area (Å²) in [4.78, 5) is 28.5. The predicted octanol–water partition coefficient (Wildman–Crippen LogP) is 3.82. The van der Waals surface area contributed by atoms with E-state index < -0.39 is 0 Å². The molecule has 0 spiro atoms. The largest absolute Gasteiger partial charge is 0.350 e. The van der Waals surface area contributed by atoms with Crippen LogP contribution in [-0.2, 0) is 0 Å². The van der Waals surface area contributed by atoms with Gasteiger partial charge in [0.1, 0.15) is 0 Å². The van der Waals surface area contributed by atoms with Crippen molar-refractivity contribution in [1.82, 2.24) is 10.3 Å². The van der Waals surface area contributed by atoms with Gasteiger partial charge in [-0.25, -0.2) is 0 Å². The minimum absolute atomic E-state index is 0.0593. The summed E-state index contributed by atoms with van der Waals surface area (Å²) in [6.45, 7) is 5.78. The van der Waals surface area contributed by atoms with Crippen molar-refractivity contribution in [3.8, 4) is 0 Å². The highest BCUT2D eigenvalue weighted by Crippen LogP contribution is 2.21. The number of nitrogens with zero attached hydrogens (tertiary/aromatic N) is 1. The second-order valence-electron chi connectivity index (χ2n) is 5.66. The number of carbonyl (C=O) groups is 2. The van der Waals surface area contributed by atoms with Gasteiger partial charge in [-0.2, -0.15) is 0 Å². The number of nitrogens with one attached hydrogen (secondary N) is 2. The van der Waals surface area contributed by atoms with Crippen molar-refractivity contribution >= 4 is 29.1 Å². The first kappa shape index (κ1) is 17.9. The van der Waals surface area contributed by atoms with Crippen LogP contribution in [0.3, 0.4) is 0 Å². The minimum atomic E-state index is -0.342. The monoisotopic (exact) mass is 345 g/mol. The molecule has 0 saturated carbocycles. The molecule has 2 amide bonds. The topological polar surface area (TPSA) is 71.1 Å². The average molecular weight is 346 g/mol. The Balaban J connectivity index is 2.17. The van der Waals surface area contributed by atoms with Crippen LogP contribution in [0.2, 0.25) is 5.02 Å². The molecule has 2 aromatic rings. The Labute approximate surface area is 146 Å². The van der Waals surface area contributed by atoms with Crippen LogP contribution in [0, 0.1) is 6.92 Å². The lowest BCUT2D eigenvalue weighted by atomic mass is 10.1. The summed E-state index contributed by atoms with van der Waals surface area (Å²) in [5.74, 6) is -0.587. The van der Waals surface area contributed by atoms with E-state index in [9.17, 15) is 9.59 Å². The quantitative estimate of drug-likeness (QED) is 0.865. The maximum Gasteiger partial charge on any atom is 0.257 e. The average Bonchev–Trinajstić information content (AvgIpc) is 2.58. The molecule has 1 heterocycles. The number of aryl methyl sites for hydroxylation is 1. The number of halogens is 1. The van der Waals surface area contributed by atoms with Crippen LogP contribution in [0.4, 0.5) is 5.69 Å². The van der Waals surface area contributed by atoms with Gasteiger partial charge in [0.15, 0.2) is 0 Å². The maximum absolute atomic E-state index is 12.4. The zero-order valence-corrected chi connectivity index (χ0v) is 14.6. The van der Waals surface area contributed by atoms with E-state index in [1.54, 1.807) is 12.1 Å². The number of hydrogen-bond acceptors (Lipinski definition) is 3. The van der Waals surface area contributed by atoms with Gasteiger partial charge in [0.2, 0.25) is 0 Å². The van der Waals surface area contributed by atoms with Gasteiger partial charge in [-0.15, -0.1) is 0 Å². The third-order valence-electron chi connectivity index (χ3n) is 3.70. The first-order chi connectivity index (χ1) is 11.4. The number of benzene rings is 1. The van der Waals surface area contributed by atoms with Gasteiger partial charge in [0.25, 0.3) is 11.8 Å². The molecule has 0 fully saturated rings. The molecular weight excluding hydrogens is 326 g/mol. The third kappa shape index (κ3) is 4.55. The van der Waals surface area contributed by atoms with Gasteiger partial charge in [-0.1, -0.05) is 24.6 Å². The summed E-state index contributed by atoms with van der Waals surface area (Å²) >= 11 is 5.96. The lowest BCUT2D eigenvalue weighted by Crippen LogP contribution is -2.32. The van der Waals surface area contributed by atoms with Gasteiger partial charge in [0.05, 0.1) is 11.1 Å². The molecule has 0 bridgehead atoms. The van der Waals surface area contributed by atoms with Crippen molar-refractivity contribution in [2.24, 2.45) is 0 Å². The molecule has 1 aromatic heterocycles. The van der Waals surface area contributed by atoms with Gasteiger partial charge in [0, 0.05) is 29.1 Å². The molecule has 0 radical (unpaired) electrons. The highest BCUT2D eigenvalue weighted by molar-refractivity contribution is 6.31. The molecule has 126 valence electrons. The molecule has 1 atom stereocenters. The van der Waals surface area contributed by atoms with E-state index in [0.29, 0.717) is 21.8 Å². The summed E-state index contributed by atoms with van der Waals surface area (Å²) in [5, 5.41) is 6.18. The highest BCUT2D eigenvalue weighted by atomic mass is 35.5. The predicted molar refractivity (Wildman–Crippen MR) is 95.6 cm³/mol. The van der Waals surface area contributed by atoms with Gasteiger partial charge < -0.3 is 10.6 Å². The number of amides is 2. The molecule has 0 aliphatic rings. The van der Waals surface area contributed by atoms with Gasteiger partial charge >= 0.3 is 0 Å². The van der Waals surface area contributed by atoms with Crippen LogP contribution in [0.15, 0.2) is 36.7 Å². The normalized spacial score (nSPS) is 11.7. The molecule has 0 aliphatic carbocycles. The van der Waals surface area contributed by atoms with Crippen molar-refractivity contribution < 1.29 is 9.59 Å². The SMILES string of the molecule is CCC(C)NC(=O)c1cncc(C(=O)Nc2cc(Cl)ccc2C)c1. The smallest absolute Gasteiger partial charge is 0.257 e. The molecule has 0 aliphatic heterocycles. The van der Waals surface area contributed by atoms with Gasteiger partial charge in [-0.3, -0.25) is 14.6 Å². The molecule has 5 nitrogen and oxygen atoms in total. The van der Waals surface area contributed by atoms with Crippen LogP contribution in [0.5, 0.6) is 0 Å². The summed E-state index contributed by atoms with van der Waals surface area (Å²) in [5.41, 5.74) is 2.19. The number of rotatable bonds is 5. The number of aromatic nitrogens is 1. The van der Waals surface area contributed by atoms with E-state index in [1.807, 2.05) is 26.8 Å². The molecular formula is C18H20ClN3O2. The molecule has 0 saturated heterocycles. The van der Waals surface area contributed by atoms with Crippen molar-refractivity contribution in [2.75, 3.05) is 5.32 Å². The molecule has 24 heavy (non-hydrogen) atoms. The fourth-order valence-electron chi connectivity index (χ4n) is 2.02. The molecule has 2 N–H and O–H groups in total. The van der Waals surface area contributed by atoms with Crippen LogP contribution in [0.25, 0.3) is 0 Å². The highest BCUT2D eigenvalue weighted by Gasteiger charge is 2.13. The summed E-state index contributed by atoms with van der Waals surface area (Å²) in [6, 6.07) is 6.85. The van der Waals surface area contributed by atoms with Crippen LogP contribution in [0.1, 0.15) is 46.5 Å². The lowest BCUT2D eigenvalue weighted by molar-refractivity contribution is 0.0939. The molecule has 1 aromatic carbocycles. The second kappa shape index (κ2) is 7.93. The van der Waals surface area contributed by atoms with Crippen molar-refractivity contribution in [1.29, 1.82) is 0 Å². The van der Waals surface area contributed by atoms with E-state index >= 15 is 0 Å². The Morgan fingerprint density at radius 1 is 1.17 bits per heavy atom. The first-order valence-electron chi connectivity index (χ1n) is 7.74. The zero-order valence-electron chi connectivity index (χ0n) is 13.9. The first-order valence-corrected chi connectivity index (χ1v) is 8.12. The Kier molecular flexibility index (Phi) is 5.93. The lowest BCUT2D eigenvalue weighted by Gasteiger charge is -2.12. The van der Waals surface area contributed by atoms with E-state index in [2.05, 4.69) is 15.6 Å². The molecule has 2 rings (SSSR count). The van der Waals surface area contributed by atoms with Crippen LogP contribution < -0.4 is 10.6 Å². The third-order valence-corrected chi connectivity index (χ3v) is 3.94. The van der Waals surface area contributed by atoms with Crippen LogP contribution >= 0.6 is 11.6 Å². The zero-order chi connectivity index (χ0) is 17.7. The fraction of sp³-hybridized carbons (Fsp3) is 0.278. The number of hydrogen-bond donors (Lipinski definition) is 2. The van der Waals surface area contributed by atoms with E-state index in [0.717, 1.165) is 12.0 Å². The number of anilines is 1.